The van der Waals surface area contributed by atoms with Crippen molar-refractivity contribution in [3.05, 3.63) is 48.0 Å². The van der Waals surface area contributed by atoms with Gasteiger partial charge in [-0.15, -0.1) is 6.58 Å². The Morgan fingerprint density at radius 3 is 2.57 bits per heavy atom. The molecular formula is C17H26O3S. The zero-order chi connectivity index (χ0) is 16.1. The van der Waals surface area contributed by atoms with Crippen molar-refractivity contribution in [2.24, 2.45) is 0 Å². The smallest absolute Gasteiger partial charge is 0.271 e. The van der Waals surface area contributed by atoms with Crippen molar-refractivity contribution in [1.82, 2.24) is 0 Å². The summed E-state index contributed by atoms with van der Waals surface area (Å²) in [5.74, 6) is 0. The van der Waals surface area contributed by atoms with Gasteiger partial charge in [0.25, 0.3) is 10.1 Å². The molecule has 1 N–H and O–H groups in total. The highest BCUT2D eigenvalue weighted by Gasteiger charge is 2.20. The summed E-state index contributed by atoms with van der Waals surface area (Å²) in [6.45, 7) is 10.1. The molecule has 0 heterocycles. The zero-order valence-corrected chi connectivity index (χ0v) is 14.0. The summed E-state index contributed by atoms with van der Waals surface area (Å²) in [4.78, 5) is 0. The van der Waals surface area contributed by atoms with Crippen LogP contribution in [0.25, 0.3) is 0 Å². The van der Waals surface area contributed by atoms with Gasteiger partial charge in [0.2, 0.25) is 0 Å². The molecule has 21 heavy (non-hydrogen) atoms. The van der Waals surface area contributed by atoms with Gasteiger partial charge in [-0.3, -0.25) is 4.55 Å². The Morgan fingerprint density at radius 1 is 1.38 bits per heavy atom. The maximum atomic E-state index is 11.1. The number of aryl methyl sites for hydroxylation is 1. The maximum Gasteiger partial charge on any atom is 0.271 e. The fourth-order valence-corrected chi connectivity index (χ4v) is 2.96. The van der Waals surface area contributed by atoms with E-state index in [2.05, 4.69) is 51.6 Å². The van der Waals surface area contributed by atoms with Gasteiger partial charge in [0.1, 0.15) is 5.25 Å². The first kappa shape index (κ1) is 17.9. The largest absolute Gasteiger partial charge is 0.285 e. The first-order chi connectivity index (χ1) is 9.70. The van der Waals surface area contributed by atoms with Crippen molar-refractivity contribution in [2.45, 2.75) is 57.1 Å². The molecule has 0 aliphatic rings. The predicted octanol–water partition coefficient (Wildman–Crippen LogP) is 4.14. The monoisotopic (exact) mass is 310 g/mol. The van der Waals surface area contributed by atoms with Gasteiger partial charge < -0.3 is 0 Å². The van der Waals surface area contributed by atoms with Gasteiger partial charge in [-0.25, -0.2) is 0 Å². The Kier molecular flexibility index (Phi) is 6.17. The molecular weight excluding hydrogens is 284 g/mol. The fraction of sp³-hybridized carbons (Fsp3) is 0.529. The number of benzene rings is 1. The van der Waals surface area contributed by atoms with Gasteiger partial charge in [-0.2, -0.15) is 8.42 Å². The van der Waals surface area contributed by atoms with Crippen molar-refractivity contribution >= 4 is 10.1 Å². The van der Waals surface area contributed by atoms with Gasteiger partial charge in [0, 0.05) is 0 Å². The van der Waals surface area contributed by atoms with Crippen molar-refractivity contribution in [3.63, 3.8) is 0 Å². The third-order valence-electron chi connectivity index (χ3n) is 4.19. The lowest BCUT2D eigenvalue weighted by Crippen LogP contribution is -2.18. The summed E-state index contributed by atoms with van der Waals surface area (Å²) < 4.78 is 31.3. The van der Waals surface area contributed by atoms with Crippen molar-refractivity contribution in [3.8, 4) is 0 Å². The highest BCUT2D eigenvalue weighted by Crippen LogP contribution is 2.27. The summed E-state index contributed by atoms with van der Waals surface area (Å²) in [5, 5.41) is -0.868. The molecule has 0 saturated carbocycles. The van der Waals surface area contributed by atoms with Gasteiger partial charge in [-0.05, 0) is 42.2 Å². The molecule has 0 aromatic heterocycles. The first-order valence-electron chi connectivity index (χ1n) is 7.39. The average molecular weight is 310 g/mol. The lowest BCUT2D eigenvalue weighted by molar-refractivity contribution is 0.470. The first-order valence-corrected chi connectivity index (χ1v) is 8.89. The van der Waals surface area contributed by atoms with E-state index in [1.165, 1.54) is 17.2 Å². The molecule has 0 aliphatic carbocycles. The summed E-state index contributed by atoms with van der Waals surface area (Å²) in [5.41, 5.74) is 2.65. The Labute approximate surface area is 128 Å². The van der Waals surface area contributed by atoms with Crippen LogP contribution in [0.15, 0.2) is 36.9 Å². The van der Waals surface area contributed by atoms with E-state index in [-0.39, 0.29) is 5.41 Å². The van der Waals surface area contributed by atoms with E-state index >= 15 is 0 Å². The molecule has 0 spiro atoms. The molecule has 1 aromatic carbocycles. The van der Waals surface area contributed by atoms with E-state index in [9.17, 15) is 8.42 Å². The van der Waals surface area contributed by atoms with Crippen LogP contribution in [-0.4, -0.2) is 18.2 Å². The van der Waals surface area contributed by atoms with Crippen LogP contribution < -0.4 is 0 Å². The highest BCUT2D eigenvalue weighted by atomic mass is 32.2. The summed E-state index contributed by atoms with van der Waals surface area (Å²) in [6, 6.07) is 8.44. The molecule has 0 saturated heterocycles. The van der Waals surface area contributed by atoms with Crippen molar-refractivity contribution < 1.29 is 13.0 Å². The third kappa shape index (κ3) is 5.29. The molecule has 118 valence electrons. The minimum atomic E-state index is -4.02. The molecule has 1 aromatic rings. The molecule has 0 bridgehead atoms. The third-order valence-corrected chi connectivity index (χ3v) is 5.39. The van der Waals surface area contributed by atoms with Crippen LogP contribution in [0, 0.1) is 0 Å². The number of hydrogen-bond acceptors (Lipinski definition) is 2. The molecule has 0 radical (unpaired) electrons. The van der Waals surface area contributed by atoms with Gasteiger partial charge >= 0.3 is 0 Å². The van der Waals surface area contributed by atoms with E-state index in [4.69, 9.17) is 4.55 Å². The second-order valence-electron chi connectivity index (χ2n) is 6.12. The summed E-state index contributed by atoms with van der Waals surface area (Å²) in [7, 11) is -4.02. The van der Waals surface area contributed by atoms with Crippen LogP contribution in [0.3, 0.4) is 0 Å². The predicted molar refractivity (Wildman–Crippen MR) is 88.2 cm³/mol. The lowest BCUT2D eigenvalue weighted by Gasteiger charge is -2.24. The van der Waals surface area contributed by atoms with Crippen molar-refractivity contribution in [2.75, 3.05) is 0 Å². The quantitative estimate of drug-likeness (QED) is 0.580. The molecule has 1 unspecified atom stereocenters. The van der Waals surface area contributed by atoms with Crippen molar-refractivity contribution in [1.29, 1.82) is 0 Å². The number of hydrogen-bond donors (Lipinski definition) is 1. The maximum absolute atomic E-state index is 11.1. The van der Waals surface area contributed by atoms with Gasteiger partial charge in [-0.1, -0.05) is 51.1 Å². The SMILES string of the molecule is C=CC(CCCc1cccc(C(C)(C)CC)c1)S(=O)(=O)O. The summed E-state index contributed by atoms with van der Waals surface area (Å²) in [6.07, 6.45) is 4.26. The minimum absolute atomic E-state index is 0.147. The number of rotatable bonds is 8. The Hall–Kier alpha value is -1.13. The molecule has 1 atom stereocenters. The van der Waals surface area contributed by atoms with Gasteiger partial charge in [0.05, 0.1) is 0 Å². The van der Waals surface area contributed by atoms with Crippen LogP contribution in [0.5, 0.6) is 0 Å². The van der Waals surface area contributed by atoms with Crippen LogP contribution in [0.4, 0.5) is 0 Å². The van der Waals surface area contributed by atoms with Crippen LogP contribution in [0.1, 0.15) is 51.2 Å². The molecule has 4 heteroatoms. The van der Waals surface area contributed by atoms with Crippen LogP contribution >= 0.6 is 0 Å². The topological polar surface area (TPSA) is 54.4 Å². The standard InChI is InChI=1S/C17H26O3S/c1-5-16(21(18,19)20)12-8-10-14-9-7-11-15(13-14)17(3,4)6-2/h5,7,9,11,13,16H,1,6,8,10,12H2,2-4H3,(H,18,19,20). The zero-order valence-electron chi connectivity index (χ0n) is 13.2. The second kappa shape index (κ2) is 7.23. The Morgan fingerprint density at radius 2 is 2.05 bits per heavy atom. The Bertz CT molecular complexity index is 573. The van der Waals surface area contributed by atoms with E-state index in [1.807, 2.05) is 0 Å². The molecule has 0 amide bonds. The summed E-state index contributed by atoms with van der Waals surface area (Å²) >= 11 is 0. The second-order valence-corrected chi connectivity index (χ2v) is 7.75. The molecule has 0 fully saturated rings. The van der Waals surface area contributed by atoms with Crippen LogP contribution in [0.2, 0.25) is 0 Å². The highest BCUT2D eigenvalue weighted by molar-refractivity contribution is 7.86. The van der Waals surface area contributed by atoms with E-state index < -0.39 is 15.4 Å². The Balaban J connectivity index is 2.69. The van der Waals surface area contributed by atoms with Gasteiger partial charge in [0.15, 0.2) is 0 Å². The van der Waals surface area contributed by atoms with E-state index in [0.29, 0.717) is 12.8 Å². The normalized spacial score (nSPS) is 13.9. The lowest BCUT2D eigenvalue weighted by atomic mass is 9.81. The average Bonchev–Trinajstić information content (AvgIpc) is 2.42. The fourth-order valence-electron chi connectivity index (χ4n) is 2.25. The minimum Gasteiger partial charge on any atom is -0.285 e. The van der Waals surface area contributed by atoms with Crippen LogP contribution in [-0.2, 0) is 22.0 Å². The van der Waals surface area contributed by atoms with E-state index in [0.717, 1.165) is 12.8 Å². The molecule has 0 aliphatic heterocycles. The molecule has 3 nitrogen and oxygen atoms in total. The van der Waals surface area contributed by atoms with E-state index in [1.54, 1.807) is 0 Å². The molecule has 1 rings (SSSR count).